The van der Waals surface area contributed by atoms with Gasteiger partial charge in [0, 0.05) is 32.1 Å². The van der Waals surface area contributed by atoms with Gasteiger partial charge in [0.1, 0.15) is 5.58 Å². The Morgan fingerprint density at radius 2 is 2.19 bits per heavy atom. The van der Waals surface area contributed by atoms with Crippen LogP contribution in [0.2, 0.25) is 0 Å². The van der Waals surface area contributed by atoms with Crippen molar-refractivity contribution >= 4 is 16.9 Å². The molecule has 1 heterocycles. The molecule has 1 aromatic carbocycles. The van der Waals surface area contributed by atoms with Crippen LogP contribution in [0, 0.1) is 6.92 Å². The van der Waals surface area contributed by atoms with Crippen LogP contribution in [0.15, 0.2) is 28.7 Å². The molecule has 2 rings (SSSR count). The lowest BCUT2D eigenvalue weighted by molar-refractivity contribution is 0.0241. The van der Waals surface area contributed by atoms with Crippen molar-refractivity contribution in [3.63, 3.8) is 0 Å². The molecular formula is C16H21NO4. The molecule has 0 saturated carbocycles. The SMILES string of the molecule is COCCC(C)(O)CNC(=O)c1cc2cc(C)ccc2o1. The molecule has 0 bridgehead atoms. The first-order chi connectivity index (χ1) is 9.91. The maximum Gasteiger partial charge on any atom is 0.287 e. The van der Waals surface area contributed by atoms with Crippen LogP contribution in [0.5, 0.6) is 0 Å². The van der Waals surface area contributed by atoms with Crippen LogP contribution in [0.4, 0.5) is 0 Å². The second kappa shape index (κ2) is 6.28. The number of aryl methyl sites for hydroxylation is 1. The largest absolute Gasteiger partial charge is 0.451 e. The van der Waals surface area contributed by atoms with E-state index in [1.807, 2.05) is 25.1 Å². The zero-order chi connectivity index (χ0) is 15.5. The molecule has 1 atom stereocenters. The molecular weight excluding hydrogens is 270 g/mol. The first kappa shape index (κ1) is 15.5. The van der Waals surface area contributed by atoms with E-state index in [1.165, 1.54) is 0 Å². The first-order valence-electron chi connectivity index (χ1n) is 6.91. The quantitative estimate of drug-likeness (QED) is 0.856. The molecule has 2 aromatic rings. The monoisotopic (exact) mass is 291 g/mol. The predicted octanol–water partition coefficient (Wildman–Crippen LogP) is 2.26. The highest BCUT2D eigenvalue weighted by Crippen LogP contribution is 2.20. The fourth-order valence-electron chi connectivity index (χ4n) is 2.04. The molecule has 21 heavy (non-hydrogen) atoms. The van der Waals surface area contributed by atoms with Crippen LogP contribution in [-0.2, 0) is 4.74 Å². The summed E-state index contributed by atoms with van der Waals surface area (Å²) in [7, 11) is 1.57. The van der Waals surface area contributed by atoms with E-state index in [0.29, 0.717) is 18.6 Å². The number of rotatable bonds is 6. The molecule has 0 fully saturated rings. The number of nitrogens with one attached hydrogen (secondary N) is 1. The number of ether oxygens (including phenoxy) is 1. The number of fused-ring (bicyclic) bond motifs is 1. The van der Waals surface area contributed by atoms with E-state index >= 15 is 0 Å². The molecule has 0 aliphatic heterocycles. The number of amides is 1. The molecule has 114 valence electrons. The molecule has 1 aromatic heterocycles. The molecule has 2 N–H and O–H groups in total. The summed E-state index contributed by atoms with van der Waals surface area (Å²) in [5.74, 6) is -0.0836. The van der Waals surface area contributed by atoms with Gasteiger partial charge in [0.2, 0.25) is 0 Å². The summed E-state index contributed by atoms with van der Waals surface area (Å²) in [6.07, 6.45) is 0.448. The van der Waals surface area contributed by atoms with Crippen molar-refractivity contribution in [1.82, 2.24) is 5.32 Å². The number of carbonyl (C=O) groups excluding carboxylic acids is 1. The van der Waals surface area contributed by atoms with E-state index in [9.17, 15) is 9.90 Å². The summed E-state index contributed by atoms with van der Waals surface area (Å²) in [5.41, 5.74) is 0.781. The number of methoxy groups -OCH3 is 1. The zero-order valence-corrected chi connectivity index (χ0v) is 12.6. The Kier molecular flexibility index (Phi) is 4.65. The van der Waals surface area contributed by atoms with E-state index in [2.05, 4.69) is 5.32 Å². The van der Waals surface area contributed by atoms with Gasteiger partial charge in [0.15, 0.2) is 5.76 Å². The third-order valence-electron chi connectivity index (χ3n) is 3.37. The highest BCUT2D eigenvalue weighted by Gasteiger charge is 2.22. The van der Waals surface area contributed by atoms with Gasteiger partial charge in [-0.2, -0.15) is 0 Å². The Labute approximate surface area is 123 Å². The van der Waals surface area contributed by atoms with Crippen LogP contribution in [0.1, 0.15) is 29.5 Å². The third-order valence-corrected chi connectivity index (χ3v) is 3.37. The smallest absolute Gasteiger partial charge is 0.287 e. The Hall–Kier alpha value is -1.85. The fourth-order valence-corrected chi connectivity index (χ4v) is 2.04. The Bertz CT molecular complexity index is 630. The lowest BCUT2D eigenvalue weighted by Gasteiger charge is -2.22. The maximum atomic E-state index is 12.1. The summed E-state index contributed by atoms with van der Waals surface area (Å²) in [6.45, 7) is 4.23. The lowest BCUT2D eigenvalue weighted by atomic mass is 10.0. The van der Waals surface area contributed by atoms with E-state index in [0.717, 1.165) is 10.9 Å². The molecule has 5 nitrogen and oxygen atoms in total. The van der Waals surface area contributed by atoms with Crippen molar-refractivity contribution in [2.24, 2.45) is 0 Å². The van der Waals surface area contributed by atoms with E-state index in [1.54, 1.807) is 20.1 Å². The molecule has 0 aliphatic rings. The number of carbonyl (C=O) groups is 1. The minimum atomic E-state index is -1.01. The van der Waals surface area contributed by atoms with Crippen molar-refractivity contribution in [3.05, 3.63) is 35.6 Å². The van der Waals surface area contributed by atoms with Gasteiger partial charge in [-0.15, -0.1) is 0 Å². The number of hydrogen-bond donors (Lipinski definition) is 2. The molecule has 0 radical (unpaired) electrons. The number of aliphatic hydroxyl groups is 1. The first-order valence-corrected chi connectivity index (χ1v) is 6.91. The minimum Gasteiger partial charge on any atom is -0.451 e. The van der Waals surface area contributed by atoms with E-state index in [-0.39, 0.29) is 18.2 Å². The van der Waals surface area contributed by atoms with Crippen LogP contribution in [0.3, 0.4) is 0 Å². The average Bonchev–Trinajstić information content (AvgIpc) is 2.85. The topological polar surface area (TPSA) is 71.7 Å². The van der Waals surface area contributed by atoms with Crippen LogP contribution < -0.4 is 5.32 Å². The van der Waals surface area contributed by atoms with Gasteiger partial charge < -0.3 is 19.6 Å². The van der Waals surface area contributed by atoms with Crippen molar-refractivity contribution in [2.75, 3.05) is 20.3 Å². The highest BCUT2D eigenvalue weighted by molar-refractivity contribution is 5.96. The van der Waals surface area contributed by atoms with Crippen molar-refractivity contribution in [3.8, 4) is 0 Å². The average molecular weight is 291 g/mol. The molecule has 5 heteroatoms. The Balaban J connectivity index is 2.02. The standard InChI is InChI=1S/C16H21NO4/c1-11-4-5-13-12(8-11)9-14(21-13)15(18)17-10-16(2,19)6-7-20-3/h4-5,8-9,19H,6-7,10H2,1-3H3,(H,17,18). The Morgan fingerprint density at radius 3 is 2.90 bits per heavy atom. The summed E-state index contributed by atoms with van der Waals surface area (Å²) in [4.78, 5) is 12.1. The van der Waals surface area contributed by atoms with E-state index < -0.39 is 5.60 Å². The van der Waals surface area contributed by atoms with Crippen molar-refractivity contribution in [1.29, 1.82) is 0 Å². The molecule has 1 unspecified atom stereocenters. The maximum absolute atomic E-state index is 12.1. The fraction of sp³-hybridized carbons (Fsp3) is 0.438. The van der Waals surface area contributed by atoms with Gasteiger partial charge in [-0.25, -0.2) is 0 Å². The van der Waals surface area contributed by atoms with Gasteiger partial charge in [-0.05, 0) is 32.0 Å². The van der Waals surface area contributed by atoms with Crippen LogP contribution in [0.25, 0.3) is 11.0 Å². The molecule has 0 spiro atoms. The van der Waals surface area contributed by atoms with Crippen LogP contribution in [-0.4, -0.2) is 36.9 Å². The summed E-state index contributed by atoms with van der Waals surface area (Å²) >= 11 is 0. The Morgan fingerprint density at radius 1 is 1.43 bits per heavy atom. The summed E-state index contributed by atoms with van der Waals surface area (Å²) in [6, 6.07) is 7.45. The van der Waals surface area contributed by atoms with Gasteiger partial charge in [0.25, 0.3) is 5.91 Å². The molecule has 0 aliphatic carbocycles. The lowest BCUT2D eigenvalue weighted by Crippen LogP contribution is -2.41. The highest BCUT2D eigenvalue weighted by atomic mass is 16.5. The number of benzene rings is 1. The van der Waals surface area contributed by atoms with Crippen molar-refractivity contribution < 1.29 is 19.1 Å². The summed E-state index contributed by atoms with van der Waals surface area (Å²) in [5, 5.41) is 13.7. The number of hydrogen-bond acceptors (Lipinski definition) is 4. The normalized spacial score (nSPS) is 14.1. The minimum absolute atomic E-state index is 0.144. The van der Waals surface area contributed by atoms with Gasteiger partial charge >= 0.3 is 0 Å². The van der Waals surface area contributed by atoms with Gasteiger partial charge in [-0.3, -0.25) is 4.79 Å². The van der Waals surface area contributed by atoms with E-state index in [4.69, 9.17) is 9.15 Å². The second-order valence-corrected chi connectivity index (χ2v) is 5.57. The van der Waals surface area contributed by atoms with Gasteiger partial charge in [0.05, 0.1) is 5.60 Å². The molecule has 1 amide bonds. The third kappa shape index (κ3) is 4.06. The predicted molar refractivity (Wildman–Crippen MR) is 80.4 cm³/mol. The summed E-state index contributed by atoms with van der Waals surface area (Å²) < 4.78 is 10.4. The van der Waals surface area contributed by atoms with Crippen molar-refractivity contribution in [2.45, 2.75) is 25.9 Å². The van der Waals surface area contributed by atoms with Crippen LogP contribution >= 0.6 is 0 Å². The number of furan rings is 1. The van der Waals surface area contributed by atoms with Gasteiger partial charge in [-0.1, -0.05) is 11.6 Å². The second-order valence-electron chi connectivity index (χ2n) is 5.57. The zero-order valence-electron chi connectivity index (χ0n) is 12.6. The molecule has 0 saturated heterocycles.